The maximum absolute atomic E-state index is 11.7. The second-order valence-corrected chi connectivity index (χ2v) is 7.47. The number of benzene rings is 2. The lowest BCUT2D eigenvalue weighted by Crippen LogP contribution is -2.33. The molecule has 0 aromatic heterocycles. The lowest BCUT2D eigenvalue weighted by atomic mass is 10.1. The van der Waals surface area contributed by atoms with E-state index in [1.54, 1.807) is 18.2 Å². The first-order chi connectivity index (χ1) is 13.9. The van der Waals surface area contributed by atoms with E-state index in [0.717, 1.165) is 28.5 Å². The molecule has 1 aliphatic rings. The number of amides is 2. The Morgan fingerprint density at radius 2 is 1.93 bits per heavy atom. The van der Waals surface area contributed by atoms with E-state index in [4.69, 9.17) is 10.5 Å². The summed E-state index contributed by atoms with van der Waals surface area (Å²) in [5, 5.41) is 1.86. The van der Waals surface area contributed by atoms with Crippen molar-refractivity contribution in [2.45, 2.75) is 19.4 Å². The Morgan fingerprint density at radius 1 is 1.21 bits per heavy atom. The summed E-state index contributed by atoms with van der Waals surface area (Å²) in [6.45, 7) is 1.90. The number of ether oxygens (including phenoxy) is 2. The van der Waals surface area contributed by atoms with Crippen LogP contribution in [0.15, 0.2) is 47.4 Å². The molecule has 1 atom stereocenters. The first kappa shape index (κ1) is 20.6. The van der Waals surface area contributed by atoms with Gasteiger partial charge in [-0.3, -0.25) is 19.7 Å². The number of methoxy groups -OCH3 is 1. The topological polar surface area (TPSA) is 108 Å². The number of carbonyl (C=O) groups is 3. The van der Waals surface area contributed by atoms with Gasteiger partial charge in [0.15, 0.2) is 0 Å². The van der Waals surface area contributed by atoms with Crippen LogP contribution in [0.1, 0.15) is 16.7 Å². The molecule has 3 rings (SSSR count). The molecule has 3 N–H and O–H groups in total. The third kappa shape index (κ3) is 5.24. The molecule has 0 aliphatic carbocycles. The predicted octanol–water partition coefficient (Wildman–Crippen LogP) is 3.15. The normalized spacial score (nSPS) is 15.9. The third-order valence-electron chi connectivity index (χ3n) is 4.25. The van der Waals surface area contributed by atoms with Gasteiger partial charge in [-0.1, -0.05) is 18.2 Å². The van der Waals surface area contributed by atoms with E-state index in [1.165, 1.54) is 7.11 Å². The fraction of sp³-hybridized carbons (Fsp3) is 0.190. The number of aryl methyl sites for hydroxylation is 1. The Hall–Kier alpha value is -3.10. The molecular weight excluding hydrogens is 392 g/mol. The average Bonchev–Trinajstić information content (AvgIpc) is 3.01. The molecule has 1 aliphatic heterocycles. The number of hydrogen-bond donors (Lipinski definition) is 2. The van der Waals surface area contributed by atoms with Crippen molar-refractivity contribution in [1.29, 1.82) is 0 Å². The Bertz CT molecular complexity index is 985. The van der Waals surface area contributed by atoms with Crippen molar-refractivity contribution in [2.24, 2.45) is 5.73 Å². The van der Waals surface area contributed by atoms with E-state index in [-0.39, 0.29) is 11.1 Å². The Morgan fingerprint density at radius 3 is 2.52 bits per heavy atom. The second kappa shape index (κ2) is 8.93. The highest BCUT2D eigenvalue weighted by Gasteiger charge is 2.25. The lowest BCUT2D eigenvalue weighted by Gasteiger charge is -2.12. The van der Waals surface area contributed by atoms with Crippen LogP contribution in [-0.4, -0.2) is 30.3 Å². The van der Waals surface area contributed by atoms with Gasteiger partial charge in [0, 0.05) is 0 Å². The van der Waals surface area contributed by atoms with Crippen LogP contribution >= 0.6 is 11.8 Å². The smallest absolute Gasteiger partial charge is 0.322 e. The monoisotopic (exact) mass is 412 g/mol. The molecule has 1 saturated heterocycles. The minimum Gasteiger partial charge on any atom is -0.468 e. The molecule has 29 heavy (non-hydrogen) atoms. The van der Waals surface area contributed by atoms with Crippen molar-refractivity contribution in [2.75, 3.05) is 7.11 Å². The van der Waals surface area contributed by atoms with Crippen LogP contribution in [0.2, 0.25) is 0 Å². The molecule has 0 radical (unpaired) electrons. The fourth-order valence-electron chi connectivity index (χ4n) is 2.76. The fourth-order valence-corrected chi connectivity index (χ4v) is 3.44. The van der Waals surface area contributed by atoms with Crippen LogP contribution in [0.5, 0.6) is 11.5 Å². The van der Waals surface area contributed by atoms with Gasteiger partial charge in [0.2, 0.25) is 0 Å². The summed E-state index contributed by atoms with van der Waals surface area (Å²) in [6.07, 6.45) is 2.05. The zero-order valence-electron chi connectivity index (χ0n) is 15.9. The van der Waals surface area contributed by atoms with Gasteiger partial charge < -0.3 is 15.2 Å². The number of imide groups is 1. The summed E-state index contributed by atoms with van der Waals surface area (Å²) >= 11 is 0.882. The highest BCUT2D eigenvalue weighted by Crippen LogP contribution is 2.29. The zero-order valence-corrected chi connectivity index (χ0v) is 16.7. The van der Waals surface area contributed by atoms with E-state index in [9.17, 15) is 14.4 Å². The highest BCUT2D eigenvalue weighted by atomic mass is 32.2. The van der Waals surface area contributed by atoms with Gasteiger partial charge >= 0.3 is 5.97 Å². The molecule has 8 heteroatoms. The number of thioether (sulfide) groups is 1. The van der Waals surface area contributed by atoms with Crippen molar-refractivity contribution >= 4 is 35.0 Å². The molecule has 1 fully saturated rings. The number of rotatable bonds is 6. The summed E-state index contributed by atoms with van der Waals surface area (Å²) in [5.74, 6) is 0.482. The minimum atomic E-state index is -0.703. The number of hydrogen-bond acceptors (Lipinski definition) is 7. The van der Waals surface area contributed by atoms with Gasteiger partial charge in [0.05, 0.1) is 12.0 Å². The summed E-state index contributed by atoms with van der Waals surface area (Å²) in [4.78, 5) is 34.7. The molecule has 1 unspecified atom stereocenters. The number of nitrogens with two attached hydrogens (primary N) is 1. The van der Waals surface area contributed by atoms with Crippen molar-refractivity contribution in [3.8, 4) is 11.5 Å². The van der Waals surface area contributed by atoms with E-state index in [1.807, 2.05) is 37.3 Å². The van der Waals surface area contributed by atoms with Gasteiger partial charge in [-0.15, -0.1) is 0 Å². The number of nitrogens with one attached hydrogen (secondary N) is 1. The molecule has 7 nitrogen and oxygen atoms in total. The van der Waals surface area contributed by atoms with Crippen LogP contribution in [0.3, 0.4) is 0 Å². The van der Waals surface area contributed by atoms with E-state index >= 15 is 0 Å². The van der Waals surface area contributed by atoms with Gasteiger partial charge in [-0.05, 0) is 72.1 Å². The Labute approximate surface area is 172 Å². The first-order valence-corrected chi connectivity index (χ1v) is 9.63. The van der Waals surface area contributed by atoms with Crippen molar-refractivity contribution in [1.82, 2.24) is 5.32 Å². The number of carbonyl (C=O) groups excluding carboxylic acids is 3. The van der Waals surface area contributed by atoms with Crippen LogP contribution in [0.4, 0.5) is 4.79 Å². The third-order valence-corrected chi connectivity index (χ3v) is 5.06. The predicted molar refractivity (Wildman–Crippen MR) is 110 cm³/mol. The molecule has 150 valence electrons. The molecule has 0 spiro atoms. The molecular formula is C21H20N2O5S. The van der Waals surface area contributed by atoms with E-state index in [0.29, 0.717) is 22.8 Å². The maximum Gasteiger partial charge on any atom is 0.322 e. The quantitative estimate of drug-likeness (QED) is 0.554. The van der Waals surface area contributed by atoms with Gasteiger partial charge in [0.1, 0.15) is 17.5 Å². The number of esters is 1. The van der Waals surface area contributed by atoms with Crippen molar-refractivity contribution < 1.29 is 23.9 Å². The van der Waals surface area contributed by atoms with Crippen molar-refractivity contribution in [3.05, 3.63) is 64.1 Å². The molecule has 0 bridgehead atoms. The summed E-state index contributed by atoms with van der Waals surface area (Å²) in [5.41, 5.74) is 8.35. The largest absolute Gasteiger partial charge is 0.468 e. The van der Waals surface area contributed by atoms with Crippen LogP contribution in [0, 0.1) is 6.92 Å². The molecule has 2 aromatic carbocycles. The van der Waals surface area contributed by atoms with E-state index < -0.39 is 12.0 Å². The van der Waals surface area contributed by atoms with Crippen molar-refractivity contribution in [3.63, 3.8) is 0 Å². The van der Waals surface area contributed by atoms with Crippen LogP contribution < -0.4 is 15.8 Å². The maximum atomic E-state index is 11.7. The van der Waals surface area contributed by atoms with Gasteiger partial charge in [0.25, 0.3) is 11.1 Å². The van der Waals surface area contributed by atoms with Gasteiger partial charge in [-0.2, -0.15) is 0 Å². The average molecular weight is 412 g/mol. The summed E-state index contributed by atoms with van der Waals surface area (Å²) in [7, 11) is 1.31. The standard InChI is InChI=1S/C21H20N2O5S/c1-12-9-14(11-18-19(24)23-21(26)29-18)5-8-17(12)28-15-6-3-13(4-7-15)10-16(22)20(25)27-2/h3-9,11,16H,10,22H2,1-2H3,(H,23,24,26). The Balaban J connectivity index is 1.67. The molecule has 1 heterocycles. The molecule has 0 saturated carbocycles. The van der Waals surface area contributed by atoms with Gasteiger partial charge in [-0.25, -0.2) is 0 Å². The molecule has 2 amide bonds. The summed E-state index contributed by atoms with van der Waals surface area (Å²) < 4.78 is 10.5. The summed E-state index contributed by atoms with van der Waals surface area (Å²) in [6, 6.07) is 12.1. The van der Waals surface area contributed by atoms with Crippen LogP contribution in [0.25, 0.3) is 6.08 Å². The second-order valence-electron chi connectivity index (χ2n) is 6.46. The highest BCUT2D eigenvalue weighted by molar-refractivity contribution is 8.18. The minimum absolute atomic E-state index is 0.365. The lowest BCUT2D eigenvalue weighted by molar-refractivity contribution is -0.142. The van der Waals surface area contributed by atoms with E-state index in [2.05, 4.69) is 10.1 Å². The first-order valence-electron chi connectivity index (χ1n) is 8.81. The molecule has 2 aromatic rings. The zero-order chi connectivity index (χ0) is 21.0. The van der Waals surface area contributed by atoms with Crippen LogP contribution in [-0.2, 0) is 20.7 Å². The Kier molecular flexibility index (Phi) is 6.36. The SMILES string of the molecule is COC(=O)C(N)Cc1ccc(Oc2ccc(C=C3SC(=O)NC3=O)cc2C)cc1.